The number of benzene rings is 1. The van der Waals surface area contributed by atoms with Gasteiger partial charge in [-0.3, -0.25) is 0 Å². The van der Waals surface area contributed by atoms with Crippen molar-refractivity contribution in [1.82, 2.24) is 0 Å². The fourth-order valence-corrected chi connectivity index (χ4v) is 2.23. The van der Waals surface area contributed by atoms with Gasteiger partial charge in [0.25, 0.3) is 0 Å². The Morgan fingerprint density at radius 1 is 1.11 bits per heavy atom. The molecule has 0 saturated carbocycles. The maximum Gasteiger partial charge on any atom is 0.119 e. The van der Waals surface area contributed by atoms with Crippen molar-refractivity contribution >= 4 is 0 Å². The smallest absolute Gasteiger partial charge is 0.119 e. The van der Waals surface area contributed by atoms with Gasteiger partial charge in [0.1, 0.15) is 5.75 Å². The molecule has 0 aliphatic heterocycles. The topological polar surface area (TPSA) is 35.2 Å². The molecule has 0 atom stereocenters. The van der Waals surface area contributed by atoms with Crippen LogP contribution in [0.25, 0.3) is 0 Å². The molecule has 1 aromatic rings. The molecule has 1 rings (SSSR count). The molecule has 2 heteroatoms. The van der Waals surface area contributed by atoms with Crippen LogP contribution >= 0.6 is 0 Å². The Balaban J connectivity index is 2.81. The maximum atomic E-state index is 5.97. The van der Waals surface area contributed by atoms with Crippen molar-refractivity contribution in [2.24, 2.45) is 11.7 Å². The van der Waals surface area contributed by atoms with Gasteiger partial charge in [-0.2, -0.15) is 0 Å². The van der Waals surface area contributed by atoms with Gasteiger partial charge >= 0.3 is 0 Å². The zero-order valence-corrected chi connectivity index (χ0v) is 12.2. The lowest BCUT2D eigenvalue weighted by Gasteiger charge is -2.30. The van der Waals surface area contributed by atoms with E-state index >= 15 is 0 Å². The second kappa shape index (κ2) is 6.79. The Labute approximate surface area is 112 Å². The molecule has 0 amide bonds. The summed E-state index contributed by atoms with van der Waals surface area (Å²) in [5, 5.41) is 0. The van der Waals surface area contributed by atoms with E-state index in [0.717, 1.165) is 25.2 Å². The van der Waals surface area contributed by atoms with Crippen LogP contribution in [-0.4, -0.2) is 13.2 Å². The van der Waals surface area contributed by atoms with Gasteiger partial charge in [-0.05, 0) is 36.5 Å². The monoisotopic (exact) mass is 249 g/mol. The molecular formula is C16H27NO. The Hall–Kier alpha value is -1.02. The number of nitrogens with two attached hydrogens (primary N) is 1. The number of ether oxygens (including phenoxy) is 1. The second-order valence-electron chi connectivity index (χ2n) is 5.42. The number of hydrogen-bond donors (Lipinski definition) is 1. The van der Waals surface area contributed by atoms with Gasteiger partial charge in [-0.1, -0.05) is 39.8 Å². The zero-order chi connectivity index (χ0) is 13.6. The fraction of sp³-hybridized carbons (Fsp3) is 0.625. The summed E-state index contributed by atoms with van der Waals surface area (Å²) in [5.41, 5.74) is 7.41. The van der Waals surface area contributed by atoms with E-state index < -0.39 is 0 Å². The summed E-state index contributed by atoms with van der Waals surface area (Å²) < 4.78 is 5.70. The van der Waals surface area contributed by atoms with Crippen LogP contribution in [0.4, 0.5) is 0 Å². The minimum atomic E-state index is 0.122. The molecule has 0 heterocycles. The maximum absolute atomic E-state index is 5.97. The minimum absolute atomic E-state index is 0.122. The molecule has 0 unspecified atom stereocenters. The summed E-state index contributed by atoms with van der Waals surface area (Å²) in [6.45, 7) is 10.2. The highest BCUT2D eigenvalue weighted by Crippen LogP contribution is 2.31. The van der Waals surface area contributed by atoms with Crippen molar-refractivity contribution in [3.8, 4) is 5.75 Å². The van der Waals surface area contributed by atoms with Gasteiger partial charge in [0.2, 0.25) is 0 Å². The summed E-state index contributed by atoms with van der Waals surface area (Å²) in [7, 11) is 0. The third kappa shape index (κ3) is 3.49. The Kier molecular flexibility index (Phi) is 5.67. The van der Waals surface area contributed by atoms with Crippen molar-refractivity contribution in [2.45, 2.75) is 46.0 Å². The average molecular weight is 249 g/mol. The third-order valence-corrected chi connectivity index (χ3v) is 3.79. The second-order valence-corrected chi connectivity index (χ2v) is 5.42. The van der Waals surface area contributed by atoms with Crippen LogP contribution in [0.5, 0.6) is 5.75 Å². The van der Waals surface area contributed by atoms with Crippen molar-refractivity contribution in [3.05, 3.63) is 29.8 Å². The molecule has 18 heavy (non-hydrogen) atoms. The van der Waals surface area contributed by atoms with E-state index in [2.05, 4.69) is 52.0 Å². The van der Waals surface area contributed by atoms with Gasteiger partial charge in [-0.25, -0.2) is 0 Å². The van der Waals surface area contributed by atoms with Gasteiger partial charge in [0.15, 0.2) is 0 Å². The lowest BCUT2D eigenvalue weighted by Crippen LogP contribution is -2.33. The molecular weight excluding hydrogens is 222 g/mol. The lowest BCUT2D eigenvalue weighted by atomic mass is 9.76. The van der Waals surface area contributed by atoms with E-state index in [1.165, 1.54) is 5.56 Å². The normalized spacial score (nSPS) is 11.9. The van der Waals surface area contributed by atoms with E-state index in [-0.39, 0.29) is 5.41 Å². The molecule has 0 aliphatic rings. The first-order valence-corrected chi connectivity index (χ1v) is 7.01. The van der Waals surface area contributed by atoms with Crippen LogP contribution in [0.2, 0.25) is 0 Å². The first-order valence-electron chi connectivity index (χ1n) is 7.01. The number of rotatable bonds is 7. The highest BCUT2D eigenvalue weighted by molar-refractivity contribution is 5.32. The van der Waals surface area contributed by atoms with E-state index in [1.807, 2.05) is 0 Å². The van der Waals surface area contributed by atoms with Gasteiger partial charge in [0, 0.05) is 12.0 Å². The lowest BCUT2D eigenvalue weighted by molar-refractivity contribution is 0.270. The van der Waals surface area contributed by atoms with Crippen LogP contribution in [0, 0.1) is 5.92 Å². The summed E-state index contributed by atoms with van der Waals surface area (Å²) >= 11 is 0. The van der Waals surface area contributed by atoms with Crippen LogP contribution in [-0.2, 0) is 5.41 Å². The predicted octanol–water partition coefficient (Wildman–Crippen LogP) is 3.74. The molecule has 2 N–H and O–H groups in total. The SMILES string of the molecule is CCC(CC)(CN)c1ccc(OCC(C)C)cc1. The number of hydrogen-bond acceptors (Lipinski definition) is 2. The summed E-state index contributed by atoms with van der Waals surface area (Å²) in [4.78, 5) is 0. The summed E-state index contributed by atoms with van der Waals surface area (Å²) in [6, 6.07) is 8.45. The van der Waals surface area contributed by atoms with Crippen LogP contribution in [0.3, 0.4) is 0 Å². The molecule has 0 saturated heterocycles. The molecule has 1 aromatic carbocycles. The molecule has 2 nitrogen and oxygen atoms in total. The van der Waals surface area contributed by atoms with Crippen molar-refractivity contribution in [2.75, 3.05) is 13.2 Å². The molecule has 0 bridgehead atoms. The van der Waals surface area contributed by atoms with E-state index in [0.29, 0.717) is 12.5 Å². The average Bonchev–Trinajstić information content (AvgIpc) is 2.40. The van der Waals surface area contributed by atoms with Crippen LogP contribution < -0.4 is 10.5 Å². The highest BCUT2D eigenvalue weighted by Gasteiger charge is 2.26. The Morgan fingerprint density at radius 2 is 1.67 bits per heavy atom. The first-order chi connectivity index (χ1) is 8.57. The molecule has 0 spiro atoms. The van der Waals surface area contributed by atoms with E-state index in [4.69, 9.17) is 10.5 Å². The standard InChI is InChI=1S/C16H27NO/c1-5-16(6-2,12-17)14-7-9-15(10-8-14)18-11-13(3)4/h7-10,13H,5-6,11-12,17H2,1-4H3. The van der Waals surface area contributed by atoms with Crippen molar-refractivity contribution in [1.29, 1.82) is 0 Å². The Bertz CT molecular complexity index is 330. The molecule has 0 aliphatic carbocycles. The minimum Gasteiger partial charge on any atom is -0.493 e. The van der Waals surface area contributed by atoms with E-state index in [9.17, 15) is 0 Å². The van der Waals surface area contributed by atoms with Gasteiger partial charge in [0.05, 0.1) is 6.61 Å². The first kappa shape index (κ1) is 15.0. The molecule has 0 fully saturated rings. The van der Waals surface area contributed by atoms with E-state index in [1.54, 1.807) is 0 Å². The van der Waals surface area contributed by atoms with Crippen molar-refractivity contribution in [3.63, 3.8) is 0 Å². The third-order valence-electron chi connectivity index (χ3n) is 3.79. The van der Waals surface area contributed by atoms with Crippen molar-refractivity contribution < 1.29 is 4.74 Å². The molecule has 102 valence electrons. The predicted molar refractivity (Wildman–Crippen MR) is 78.1 cm³/mol. The Morgan fingerprint density at radius 3 is 2.06 bits per heavy atom. The van der Waals surface area contributed by atoms with Crippen LogP contribution in [0.15, 0.2) is 24.3 Å². The zero-order valence-electron chi connectivity index (χ0n) is 12.2. The molecule has 0 aromatic heterocycles. The molecule has 0 radical (unpaired) electrons. The quantitative estimate of drug-likeness (QED) is 0.799. The largest absolute Gasteiger partial charge is 0.493 e. The highest BCUT2D eigenvalue weighted by atomic mass is 16.5. The fourth-order valence-electron chi connectivity index (χ4n) is 2.23. The summed E-state index contributed by atoms with van der Waals surface area (Å²) in [5.74, 6) is 1.50. The van der Waals surface area contributed by atoms with Crippen LogP contribution in [0.1, 0.15) is 46.1 Å². The van der Waals surface area contributed by atoms with Gasteiger partial charge < -0.3 is 10.5 Å². The van der Waals surface area contributed by atoms with Gasteiger partial charge in [-0.15, -0.1) is 0 Å². The summed E-state index contributed by atoms with van der Waals surface area (Å²) in [6.07, 6.45) is 2.15.